The molecule has 2 rings (SSSR count). The van der Waals surface area contributed by atoms with Gasteiger partial charge in [0.05, 0.1) is 45.0 Å². The van der Waals surface area contributed by atoms with Crippen LogP contribution in [-0.2, 0) is 89.6 Å². The third-order valence-electron chi connectivity index (χ3n) is 28.1. The van der Waals surface area contributed by atoms with Crippen molar-refractivity contribution >= 4 is 57.3 Å². The number of amides is 2. The molecule has 0 radical (unpaired) electrons. The minimum atomic E-state index is -5.75. The van der Waals surface area contributed by atoms with E-state index in [0.717, 1.165) is 289 Å². The summed E-state index contributed by atoms with van der Waals surface area (Å²) in [5.74, 6) is -5.53. The molecule has 14 atom stereocenters. The van der Waals surface area contributed by atoms with Gasteiger partial charge in [0.1, 0.15) is 54.8 Å². The van der Waals surface area contributed by atoms with E-state index in [2.05, 4.69) is 59.1 Å². The summed E-state index contributed by atoms with van der Waals surface area (Å²) in [6.45, 7) is 13.1. The number of hydrogen-bond acceptors (Lipinski definition) is 22. The molecule has 836 valence electrons. The van der Waals surface area contributed by atoms with E-state index in [-0.39, 0.29) is 44.9 Å². The molecule has 0 aromatic heterocycles. The molecule has 2 heterocycles. The first-order valence-corrected chi connectivity index (χ1v) is 61.7. The molecule has 0 aliphatic carbocycles. The van der Waals surface area contributed by atoms with Crippen molar-refractivity contribution in [3.8, 4) is 0 Å². The van der Waals surface area contributed by atoms with Crippen LogP contribution in [0.5, 0.6) is 0 Å². The Kier molecular flexibility index (Phi) is 86.2. The van der Waals surface area contributed by atoms with Crippen LogP contribution in [0.15, 0.2) is 0 Å². The first-order valence-electron chi connectivity index (χ1n) is 58.7. The zero-order chi connectivity index (χ0) is 104. The van der Waals surface area contributed by atoms with Gasteiger partial charge < -0.3 is 83.4 Å². The highest BCUT2D eigenvalue weighted by Gasteiger charge is 2.55. The quantitative estimate of drug-likeness (QED) is 0.0118. The first kappa shape index (κ1) is 134. The highest BCUT2D eigenvalue weighted by molar-refractivity contribution is 7.46. The lowest BCUT2D eigenvalue weighted by atomic mass is 9.95. The van der Waals surface area contributed by atoms with Crippen molar-refractivity contribution in [3.05, 3.63) is 0 Å². The molecule has 9 N–H and O–H groups in total. The van der Waals surface area contributed by atoms with Gasteiger partial charge in [0, 0.05) is 19.3 Å². The van der Waals surface area contributed by atoms with E-state index in [1.54, 1.807) is 0 Å². The molecule has 142 heavy (non-hydrogen) atoms. The van der Waals surface area contributed by atoms with E-state index in [1.807, 2.05) is 0 Å². The SMILES string of the molecule is CCCCCCCCCCCCCCCC(=O)O[C@H](CCCCCCCCCCC)CC(=O)N[C@H]1[C@@H](OP(=O)(O)O)O[C@H](CO[C@@H]2O[C@H](CO)[C@@H](OP(=O)(O)O)[C@H](OC(=O)C[C@@H](CCCCCCCCCCC)OC(=O)CCCCCCCCCCCCC)[C@H]2NC(=O)C[C@@H](CCCCCCCCCCC)OC(=O)CCCCCCCCCCCCC)[C@@H](O)[C@@H]1OC(=O)C[C@H](O)CCCCCCCCCCC. The van der Waals surface area contributed by atoms with E-state index in [4.69, 9.17) is 46.9 Å². The number of hydrogen-bond donors (Lipinski definition) is 9. The fraction of sp³-hybridized carbons (Fsp3) is 0.938. The van der Waals surface area contributed by atoms with E-state index >= 15 is 9.59 Å². The van der Waals surface area contributed by atoms with Crippen molar-refractivity contribution in [1.82, 2.24) is 10.6 Å². The standard InChI is InChI=1S/C112H212N2O26P2/c1-8-15-22-29-36-43-46-47-50-57-64-70-77-83-100(119)132-93(80-73-66-59-52-40-33-26-19-12-5)87-98(117)113-105-109(137-103(122)86-92(116)79-72-65-58-51-39-32-25-18-11-4)107(124)97(136-112(105)140-142(128,129)130)91-131-111-106(114-99(118)88-94(81-74-67-60-53-41-34-27-20-13-6)133-101(120)84-76-69-62-55-48-44-37-30-23-16-9-2)110(108(96(90-115)135-111)139-141(125,126)127)138-104(123)89-95(82-75-68-61-54-42-35-28-21-14-7)134-102(121)85-78-71-63-56-49-45-38-31-24-17-10-3/h92-97,105-112,115-116,124H,8-91H2,1-7H3,(H,113,117)(H,114,118)(H2,125,126,127)(H2,128,129,130)/t92-,93-,94-,95-,96-,97-,105-,106-,107-,108-,109-,110-,111-,112-/m1/s1. The van der Waals surface area contributed by atoms with Gasteiger partial charge in [-0.2, -0.15) is 0 Å². The Balaban J connectivity index is 2.93. The molecule has 0 unspecified atom stereocenters. The molecule has 0 aromatic carbocycles. The lowest BCUT2D eigenvalue weighted by molar-refractivity contribution is -0.297. The van der Waals surface area contributed by atoms with Crippen LogP contribution in [-0.4, -0.2) is 175 Å². The third kappa shape index (κ3) is 75.1. The zero-order valence-electron chi connectivity index (χ0n) is 90.8. The Morgan fingerprint density at radius 1 is 0.289 bits per heavy atom. The summed E-state index contributed by atoms with van der Waals surface area (Å²) in [6.07, 6.45) is 50.7. The molecule has 2 fully saturated rings. The van der Waals surface area contributed by atoms with Crippen LogP contribution in [0.2, 0.25) is 0 Å². The first-order chi connectivity index (χ1) is 68.7. The second-order valence-electron chi connectivity index (χ2n) is 41.7. The predicted octanol–water partition coefficient (Wildman–Crippen LogP) is 27.4. The maximum Gasteiger partial charge on any atom is 0.472 e. The number of phosphoric ester groups is 2. The summed E-state index contributed by atoms with van der Waals surface area (Å²) in [5, 5.41) is 41.2. The molecule has 0 spiro atoms. The maximum atomic E-state index is 15.4. The monoisotopic (exact) mass is 2060 g/mol. The van der Waals surface area contributed by atoms with Crippen LogP contribution in [0.1, 0.15) is 575 Å². The average molecular weight is 2060 g/mol. The minimum Gasteiger partial charge on any atom is -0.462 e. The number of phosphoric acid groups is 2. The summed E-state index contributed by atoms with van der Waals surface area (Å²) < 4.78 is 87.7. The number of unbranched alkanes of at least 4 members (excludes halogenated alkanes) is 64. The van der Waals surface area contributed by atoms with Crippen LogP contribution in [0.25, 0.3) is 0 Å². The van der Waals surface area contributed by atoms with Gasteiger partial charge >= 0.3 is 45.5 Å². The Hall–Kier alpha value is -3.73. The van der Waals surface area contributed by atoms with Gasteiger partial charge in [-0.15, -0.1) is 0 Å². The van der Waals surface area contributed by atoms with Crippen LogP contribution in [0, 0.1) is 0 Å². The Morgan fingerprint density at radius 3 is 0.824 bits per heavy atom. The molecule has 2 amide bonds. The van der Waals surface area contributed by atoms with Crippen molar-refractivity contribution in [3.63, 3.8) is 0 Å². The normalized spacial score (nSPS) is 19.2. The van der Waals surface area contributed by atoms with Gasteiger partial charge in [-0.05, 0) is 64.2 Å². The Morgan fingerprint density at radius 2 is 0.535 bits per heavy atom. The fourth-order valence-electron chi connectivity index (χ4n) is 19.6. The lowest BCUT2D eigenvalue weighted by Gasteiger charge is -2.47. The summed E-state index contributed by atoms with van der Waals surface area (Å²) in [7, 11) is -11.5. The summed E-state index contributed by atoms with van der Waals surface area (Å²) >= 11 is 0. The molecule has 2 aliphatic rings. The van der Waals surface area contributed by atoms with Crippen molar-refractivity contribution in [2.45, 2.75) is 661 Å². The third-order valence-corrected chi connectivity index (χ3v) is 29.1. The van der Waals surface area contributed by atoms with Crippen molar-refractivity contribution in [1.29, 1.82) is 0 Å². The van der Waals surface area contributed by atoms with Crippen LogP contribution < -0.4 is 10.6 Å². The molecule has 2 saturated heterocycles. The Labute approximate surface area is 861 Å². The number of carbonyl (C=O) groups excluding carboxylic acids is 7. The maximum absolute atomic E-state index is 15.4. The summed E-state index contributed by atoms with van der Waals surface area (Å²) in [4.78, 5) is 145. The molecule has 2 aliphatic heterocycles. The largest absolute Gasteiger partial charge is 0.472 e. The lowest BCUT2D eigenvalue weighted by Crippen LogP contribution is -2.68. The number of carbonyl (C=O) groups is 7. The van der Waals surface area contributed by atoms with Gasteiger partial charge in [0.15, 0.2) is 24.8 Å². The van der Waals surface area contributed by atoms with Crippen molar-refractivity contribution < 1.29 is 125 Å². The molecule has 30 heteroatoms. The highest BCUT2D eigenvalue weighted by Crippen LogP contribution is 2.45. The molecule has 0 saturated carbocycles. The summed E-state index contributed by atoms with van der Waals surface area (Å²) in [6, 6.07) is -3.92. The molecular formula is C112H212N2O26P2. The van der Waals surface area contributed by atoms with Gasteiger partial charge in [0.2, 0.25) is 11.8 Å². The van der Waals surface area contributed by atoms with Gasteiger partial charge in [-0.3, -0.25) is 42.6 Å². The second kappa shape index (κ2) is 91.1. The number of aliphatic hydroxyl groups excluding tert-OH is 3. The number of nitrogens with one attached hydrogen (secondary N) is 2. The van der Waals surface area contributed by atoms with Crippen LogP contribution in [0.3, 0.4) is 0 Å². The number of ether oxygens (including phenoxy) is 8. The second-order valence-corrected chi connectivity index (χ2v) is 44.1. The van der Waals surface area contributed by atoms with Crippen molar-refractivity contribution in [2.24, 2.45) is 0 Å². The molecule has 0 aromatic rings. The van der Waals surface area contributed by atoms with E-state index in [1.165, 1.54) is 122 Å². The van der Waals surface area contributed by atoms with Crippen molar-refractivity contribution in [2.75, 3.05) is 13.2 Å². The smallest absolute Gasteiger partial charge is 0.462 e. The van der Waals surface area contributed by atoms with Gasteiger partial charge in [-0.1, -0.05) is 466 Å². The molecule has 28 nitrogen and oxygen atoms in total. The Bertz CT molecular complexity index is 3130. The van der Waals surface area contributed by atoms with E-state index in [9.17, 15) is 68.0 Å². The summed E-state index contributed by atoms with van der Waals surface area (Å²) in [5.41, 5.74) is 0. The van der Waals surface area contributed by atoms with Gasteiger partial charge in [0.25, 0.3) is 0 Å². The fourth-order valence-corrected chi connectivity index (χ4v) is 20.6. The number of esters is 5. The zero-order valence-corrected chi connectivity index (χ0v) is 92.6. The highest BCUT2D eigenvalue weighted by atomic mass is 31.2. The van der Waals surface area contributed by atoms with E-state index in [0.29, 0.717) is 44.9 Å². The average Bonchev–Trinajstić information content (AvgIpc) is 0.775. The van der Waals surface area contributed by atoms with Crippen LogP contribution >= 0.6 is 15.6 Å². The predicted molar refractivity (Wildman–Crippen MR) is 564 cm³/mol. The van der Waals surface area contributed by atoms with E-state index < -0.39 is 182 Å². The molecule has 0 bridgehead atoms. The number of aliphatic hydroxyl groups is 3. The topological polar surface area (TPSA) is 412 Å². The molecular weight excluding hydrogens is 1850 g/mol. The van der Waals surface area contributed by atoms with Crippen LogP contribution in [0.4, 0.5) is 0 Å². The number of rotatable bonds is 101. The van der Waals surface area contributed by atoms with Gasteiger partial charge in [-0.25, -0.2) is 9.13 Å². The minimum absolute atomic E-state index is 0.0728.